The van der Waals surface area contributed by atoms with Gasteiger partial charge in [0.25, 0.3) is 0 Å². The first-order valence-corrected chi connectivity index (χ1v) is 9.28. The Labute approximate surface area is 154 Å². The van der Waals surface area contributed by atoms with E-state index in [-0.39, 0.29) is 5.91 Å². The van der Waals surface area contributed by atoms with Crippen molar-refractivity contribution in [3.63, 3.8) is 0 Å². The first-order valence-electron chi connectivity index (χ1n) is 9.28. The van der Waals surface area contributed by atoms with Gasteiger partial charge in [0.05, 0.1) is 26.2 Å². The van der Waals surface area contributed by atoms with Crippen LogP contribution in [0, 0.1) is 6.92 Å². The van der Waals surface area contributed by atoms with Crippen LogP contribution in [0.5, 0.6) is 11.5 Å². The fraction of sp³-hybridized carbons (Fsp3) is 0.409. The number of carbonyl (C=O) groups excluding carboxylic acids is 1. The van der Waals surface area contributed by atoms with E-state index in [0.717, 1.165) is 39.4 Å². The topological polar surface area (TPSA) is 38.8 Å². The number of ether oxygens (including phenoxy) is 2. The molecule has 1 saturated carbocycles. The van der Waals surface area contributed by atoms with Gasteiger partial charge in [0, 0.05) is 12.2 Å². The maximum atomic E-state index is 12.5. The molecule has 2 aromatic carbocycles. The molecule has 0 spiro atoms. The molecule has 136 valence electrons. The molecule has 0 unspecified atom stereocenters. The molecule has 4 nitrogen and oxygen atoms in total. The van der Waals surface area contributed by atoms with E-state index in [1.54, 1.807) is 14.2 Å². The summed E-state index contributed by atoms with van der Waals surface area (Å²) in [6.45, 7) is 4.78. The van der Waals surface area contributed by atoms with Gasteiger partial charge in [-0.25, -0.2) is 0 Å². The predicted molar refractivity (Wildman–Crippen MR) is 103 cm³/mol. The minimum absolute atomic E-state index is 0.155. The third kappa shape index (κ3) is 2.56. The number of benzene rings is 2. The van der Waals surface area contributed by atoms with Gasteiger partial charge in [0.2, 0.25) is 5.91 Å². The summed E-state index contributed by atoms with van der Waals surface area (Å²) in [5, 5.41) is 0. The van der Waals surface area contributed by atoms with E-state index in [4.69, 9.17) is 9.47 Å². The molecule has 1 amide bonds. The van der Waals surface area contributed by atoms with Crippen molar-refractivity contribution in [2.45, 2.75) is 39.0 Å². The van der Waals surface area contributed by atoms with Crippen LogP contribution in [-0.4, -0.2) is 26.7 Å². The van der Waals surface area contributed by atoms with Gasteiger partial charge in [-0.05, 0) is 73.1 Å². The van der Waals surface area contributed by atoms with Gasteiger partial charge in [0.15, 0.2) is 0 Å². The summed E-state index contributed by atoms with van der Waals surface area (Å²) in [5.41, 5.74) is 6.52. The van der Waals surface area contributed by atoms with Crippen molar-refractivity contribution in [3.8, 4) is 22.6 Å². The minimum Gasteiger partial charge on any atom is -0.496 e. The first kappa shape index (κ1) is 17.0. The van der Waals surface area contributed by atoms with E-state index in [1.165, 1.54) is 18.4 Å². The highest BCUT2D eigenvalue weighted by molar-refractivity contribution is 6.05. The Hall–Kier alpha value is -2.49. The number of hydrogen-bond donors (Lipinski definition) is 0. The molecule has 0 atom stereocenters. The van der Waals surface area contributed by atoms with E-state index >= 15 is 0 Å². The van der Waals surface area contributed by atoms with Crippen LogP contribution in [0.1, 0.15) is 42.4 Å². The number of likely N-dealkylation sites (N-methyl/N-ethyl adjacent to an activating group) is 1. The van der Waals surface area contributed by atoms with Crippen LogP contribution in [-0.2, 0) is 11.2 Å². The van der Waals surface area contributed by atoms with Crippen molar-refractivity contribution in [1.82, 2.24) is 0 Å². The van der Waals surface area contributed by atoms with Crippen molar-refractivity contribution in [2.24, 2.45) is 0 Å². The molecule has 4 heteroatoms. The van der Waals surface area contributed by atoms with Crippen molar-refractivity contribution < 1.29 is 14.3 Å². The molecule has 1 heterocycles. The highest BCUT2D eigenvalue weighted by Crippen LogP contribution is 2.50. The summed E-state index contributed by atoms with van der Waals surface area (Å²) >= 11 is 0. The Bertz CT molecular complexity index is 858. The summed E-state index contributed by atoms with van der Waals surface area (Å²) in [4.78, 5) is 14.3. The van der Waals surface area contributed by atoms with Gasteiger partial charge in [-0.15, -0.1) is 0 Å². The van der Waals surface area contributed by atoms with Crippen molar-refractivity contribution in [1.29, 1.82) is 0 Å². The van der Waals surface area contributed by atoms with Crippen LogP contribution in [0.25, 0.3) is 11.1 Å². The largest absolute Gasteiger partial charge is 0.496 e. The number of hydrogen-bond acceptors (Lipinski definition) is 3. The number of fused-ring (bicyclic) bond motifs is 1. The van der Waals surface area contributed by atoms with E-state index in [0.29, 0.717) is 18.9 Å². The summed E-state index contributed by atoms with van der Waals surface area (Å²) in [6.07, 6.45) is 2.88. The van der Waals surface area contributed by atoms with Crippen molar-refractivity contribution >= 4 is 11.6 Å². The summed E-state index contributed by atoms with van der Waals surface area (Å²) in [7, 11) is 3.41. The second-order valence-corrected chi connectivity index (χ2v) is 7.14. The van der Waals surface area contributed by atoms with Crippen LogP contribution in [0.4, 0.5) is 5.69 Å². The van der Waals surface area contributed by atoms with Gasteiger partial charge < -0.3 is 14.4 Å². The molecule has 0 bridgehead atoms. The summed E-state index contributed by atoms with van der Waals surface area (Å²) < 4.78 is 11.6. The highest BCUT2D eigenvalue weighted by atomic mass is 16.5. The van der Waals surface area contributed by atoms with Crippen molar-refractivity contribution in [3.05, 3.63) is 41.0 Å². The standard InChI is InChI=1S/C22H25NO3/c1-5-23-17-9-6-13(2)21(16(17)12-20(23)24)22-18(25-3)10-15(14-7-8-14)11-19(22)26-4/h6,9-11,14H,5,7-8,12H2,1-4H3. The lowest BCUT2D eigenvalue weighted by atomic mass is 9.90. The quantitative estimate of drug-likeness (QED) is 0.798. The molecule has 1 fully saturated rings. The monoisotopic (exact) mass is 351 g/mol. The van der Waals surface area contributed by atoms with E-state index in [9.17, 15) is 4.79 Å². The lowest BCUT2D eigenvalue weighted by molar-refractivity contribution is -0.117. The second-order valence-electron chi connectivity index (χ2n) is 7.14. The van der Waals surface area contributed by atoms with Gasteiger partial charge in [-0.3, -0.25) is 4.79 Å². The fourth-order valence-electron chi connectivity index (χ4n) is 4.09. The average Bonchev–Trinajstić information content (AvgIpc) is 3.44. The molecular formula is C22H25NO3. The number of amides is 1. The third-order valence-electron chi connectivity index (χ3n) is 5.56. The smallest absolute Gasteiger partial charge is 0.231 e. The van der Waals surface area contributed by atoms with Crippen LogP contribution >= 0.6 is 0 Å². The normalized spacial score (nSPS) is 16.0. The maximum Gasteiger partial charge on any atom is 0.231 e. The Balaban J connectivity index is 1.97. The molecule has 26 heavy (non-hydrogen) atoms. The second kappa shape index (κ2) is 6.35. The Morgan fingerprint density at radius 1 is 1.08 bits per heavy atom. The summed E-state index contributed by atoms with van der Waals surface area (Å²) in [6, 6.07) is 8.43. The number of methoxy groups -OCH3 is 2. The average molecular weight is 351 g/mol. The molecule has 0 radical (unpaired) electrons. The van der Waals surface area contributed by atoms with E-state index in [2.05, 4.69) is 31.2 Å². The molecule has 0 saturated heterocycles. The van der Waals surface area contributed by atoms with Gasteiger partial charge >= 0.3 is 0 Å². The van der Waals surface area contributed by atoms with Gasteiger partial charge in [-0.2, -0.15) is 0 Å². The van der Waals surface area contributed by atoms with Crippen LogP contribution < -0.4 is 14.4 Å². The van der Waals surface area contributed by atoms with Crippen LogP contribution in [0.2, 0.25) is 0 Å². The molecule has 0 N–H and O–H groups in total. The molecule has 1 aliphatic heterocycles. The molecule has 0 aromatic heterocycles. The molecular weight excluding hydrogens is 326 g/mol. The maximum absolute atomic E-state index is 12.5. The zero-order valence-corrected chi connectivity index (χ0v) is 15.9. The molecule has 1 aliphatic carbocycles. The number of anilines is 1. The number of aryl methyl sites for hydroxylation is 1. The van der Waals surface area contributed by atoms with E-state index in [1.807, 2.05) is 11.8 Å². The number of carbonyl (C=O) groups is 1. The van der Waals surface area contributed by atoms with E-state index < -0.39 is 0 Å². The number of nitrogens with zero attached hydrogens (tertiary/aromatic N) is 1. The molecule has 2 aromatic rings. The molecule has 4 rings (SSSR count). The fourth-order valence-corrected chi connectivity index (χ4v) is 4.09. The SMILES string of the molecule is CCN1C(=O)Cc2c1ccc(C)c2-c1c(OC)cc(C2CC2)cc1OC. The lowest BCUT2D eigenvalue weighted by Crippen LogP contribution is -2.25. The number of rotatable bonds is 5. The third-order valence-corrected chi connectivity index (χ3v) is 5.56. The molecule has 2 aliphatic rings. The van der Waals surface area contributed by atoms with Crippen LogP contribution in [0.15, 0.2) is 24.3 Å². The van der Waals surface area contributed by atoms with Crippen molar-refractivity contribution in [2.75, 3.05) is 25.7 Å². The summed E-state index contributed by atoms with van der Waals surface area (Å²) in [5.74, 6) is 2.42. The Kier molecular flexibility index (Phi) is 4.14. The van der Waals surface area contributed by atoms with Gasteiger partial charge in [-0.1, -0.05) is 6.07 Å². The highest BCUT2D eigenvalue weighted by Gasteiger charge is 2.32. The van der Waals surface area contributed by atoms with Crippen LogP contribution in [0.3, 0.4) is 0 Å². The zero-order valence-electron chi connectivity index (χ0n) is 15.9. The minimum atomic E-state index is 0.155. The zero-order chi connectivity index (χ0) is 18.4. The van der Waals surface area contributed by atoms with Gasteiger partial charge in [0.1, 0.15) is 11.5 Å². The first-order chi connectivity index (χ1) is 12.6. The Morgan fingerprint density at radius 2 is 1.73 bits per heavy atom. The predicted octanol–water partition coefficient (Wildman–Crippen LogP) is 4.47. The Morgan fingerprint density at radius 3 is 2.27 bits per heavy atom. The lowest BCUT2D eigenvalue weighted by Gasteiger charge is -2.20.